The fourth-order valence-corrected chi connectivity index (χ4v) is 2.80. The highest BCUT2D eigenvalue weighted by molar-refractivity contribution is 6.57. The number of Topliss-reactive ketones (excluding diaryl/α,β-unsaturated/α-hetero) is 2. The average molecular weight is 374 g/mol. The molecule has 26 heavy (non-hydrogen) atoms. The van der Waals surface area contributed by atoms with E-state index in [9.17, 15) is 9.59 Å². The van der Waals surface area contributed by atoms with E-state index >= 15 is 0 Å². The molecule has 0 saturated carbocycles. The first-order valence-electron chi connectivity index (χ1n) is 8.34. The lowest BCUT2D eigenvalue weighted by Crippen LogP contribution is -2.22. The number of carbonyl (C=O) groups excluding carboxylic acids is 2. The van der Waals surface area contributed by atoms with Crippen molar-refractivity contribution < 1.29 is 9.59 Å². The van der Waals surface area contributed by atoms with Gasteiger partial charge in [0.15, 0.2) is 17.4 Å². The number of hydrogen-bond donors (Lipinski definition) is 1. The third-order valence-corrected chi connectivity index (χ3v) is 4.28. The number of hydrogen-bond acceptors (Lipinski definition) is 6. The van der Waals surface area contributed by atoms with Gasteiger partial charge in [0.2, 0.25) is 0 Å². The summed E-state index contributed by atoms with van der Waals surface area (Å²) in [4.78, 5) is 30.3. The van der Waals surface area contributed by atoms with E-state index in [0.29, 0.717) is 11.5 Å². The number of allylic oxidation sites excluding steroid dienone is 2. The lowest BCUT2D eigenvalue weighted by atomic mass is 10.0. The van der Waals surface area contributed by atoms with E-state index in [1.807, 2.05) is 38.5 Å². The molecule has 1 aliphatic carbocycles. The van der Waals surface area contributed by atoms with Gasteiger partial charge in [0.1, 0.15) is 11.4 Å². The predicted molar refractivity (Wildman–Crippen MR) is 103 cm³/mol. The number of fused-ring (bicyclic) bond motifs is 1. The standard InChI is InChI=1S/C18H20ClN5O2/c1-23(2)8-5-7-20-18-17(14-6-3-4-9-24(14)22-18)21-13-10-12(19)15(25)11-16(13)26/h3-4,6,9-10H,5,7-8,11H2,1-2H3,(H,20,22). The molecule has 0 aromatic carbocycles. The van der Waals surface area contributed by atoms with E-state index in [-0.39, 0.29) is 28.7 Å². The Morgan fingerprint density at radius 3 is 2.88 bits per heavy atom. The second kappa shape index (κ2) is 7.80. The summed E-state index contributed by atoms with van der Waals surface area (Å²) in [5.41, 5.74) is 1.50. The lowest BCUT2D eigenvalue weighted by molar-refractivity contribution is -0.121. The predicted octanol–water partition coefficient (Wildman–Crippen LogP) is 2.43. The fourth-order valence-electron chi connectivity index (χ4n) is 2.63. The molecule has 0 unspecified atom stereocenters. The molecule has 0 fully saturated rings. The molecule has 7 nitrogen and oxygen atoms in total. The molecule has 2 heterocycles. The Balaban J connectivity index is 1.95. The Labute approximate surface area is 156 Å². The summed E-state index contributed by atoms with van der Waals surface area (Å²) in [5.74, 6) is -0.123. The molecule has 0 saturated heterocycles. The summed E-state index contributed by atoms with van der Waals surface area (Å²) in [7, 11) is 4.04. The van der Waals surface area contributed by atoms with Gasteiger partial charge in [0.05, 0.1) is 17.0 Å². The minimum absolute atomic E-state index is 0.0281. The minimum atomic E-state index is -0.377. The molecule has 1 N–H and O–H groups in total. The van der Waals surface area contributed by atoms with Crippen LogP contribution in [0.3, 0.4) is 0 Å². The van der Waals surface area contributed by atoms with Crippen LogP contribution >= 0.6 is 11.6 Å². The topological polar surface area (TPSA) is 79.1 Å². The molecule has 0 bridgehead atoms. The van der Waals surface area contributed by atoms with Crippen molar-refractivity contribution >= 4 is 45.9 Å². The monoisotopic (exact) mass is 373 g/mol. The van der Waals surface area contributed by atoms with Gasteiger partial charge < -0.3 is 10.2 Å². The van der Waals surface area contributed by atoms with E-state index in [1.165, 1.54) is 6.08 Å². The number of nitrogens with one attached hydrogen (secondary N) is 1. The Bertz CT molecular complexity index is 913. The lowest BCUT2D eigenvalue weighted by Gasteiger charge is -2.10. The molecule has 3 rings (SSSR count). The number of nitrogens with zero attached hydrogens (tertiary/aromatic N) is 4. The second-order valence-electron chi connectivity index (χ2n) is 6.32. The summed E-state index contributed by atoms with van der Waals surface area (Å²) >= 11 is 5.89. The molecule has 0 amide bonds. The first-order valence-corrected chi connectivity index (χ1v) is 8.72. The van der Waals surface area contributed by atoms with Gasteiger partial charge >= 0.3 is 0 Å². The quantitative estimate of drug-likeness (QED) is 0.621. The van der Waals surface area contributed by atoms with Crippen LogP contribution in [0.2, 0.25) is 0 Å². The van der Waals surface area contributed by atoms with Crippen LogP contribution in [0.4, 0.5) is 11.5 Å². The van der Waals surface area contributed by atoms with Crippen LogP contribution in [-0.2, 0) is 9.59 Å². The summed E-state index contributed by atoms with van der Waals surface area (Å²) in [5, 5.41) is 7.82. The maximum atomic E-state index is 12.2. The molecular weight excluding hydrogens is 354 g/mol. The highest BCUT2D eigenvalue weighted by Gasteiger charge is 2.24. The van der Waals surface area contributed by atoms with Crippen molar-refractivity contribution in [3.8, 4) is 0 Å². The molecule has 0 atom stereocenters. The molecule has 0 aliphatic heterocycles. The first kappa shape index (κ1) is 18.3. The van der Waals surface area contributed by atoms with Gasteiger partial charge in [-0.05, 0) is 45.3 Å². The summed E-state index contributed by atoms with van der Waals surface area (Å²) in [6.07, 6.45) is 3.84. The third-order valence-electron chi connectivity index (χ3n) is 3.96. The largest absolute Gasteiger partial charge is 0.367 e. The number of ketones is 2. The first-order chi connectivity index (χ1) is 12.5. The van der Waals surface area contributed by atoms with E-state index in [2.05, 4.69) is 20.3 Å². The second-order valence-corrected chi connectivity index (χ2v) is 6.73. The van der Waals surface area contributed by atoms with Crippen molar-refractivity contribution in [3.63, 3.8) is 0 Å². The maximum Gasteiger partial charge on any atom is 0.189 e. The Morgan fingerprint density at radius 1 is 1.31 bits per heavy atom. The van der Waals surface area contributed by atoms with Crippen molar-refractivity contribution in [1.29, 1.82) is 0 Å². The molecule has 1 aliphatic rings. The molecule has 2 aromatic heterocycles. The molecule has 0 radical (unpaired) electrons. The highest BCUT2D eigenvalue weighted by Crippen LogP contribution is 2.31. The minimum Gasteiger partial charge on any atom is -0.367 e. The summed E-state index contributed by atoms with van der Waals surface area (Å²) < 4.78 is 1.71. The summed E-state index contributed by atoms with van der Waals surface area (Å²) in [6.45, 7) is 1.67. The van der Waals surface area contributed by atoms with Gasteiger partial charge in [-0.2, -0.15) is 0 Å². The number of aliphatic imine (C=N–C) groups is 1. The van der Waals surface area contributed by atoms with Crippen LogP contribution in [0.15, 0.2) is 40.5 Å². The third kappa shape index (κ3) is 4.00. The van der Waals surface area contributed by atoms with Crippen LogP contribution in [0.5, 0.6) is 0 Å². The Morgan fingerprint density at radius 2 is 2.12 bits per heavy atom. The highest BCUT2D eigenvalue weighted by atomic mass is 35.5. The van der Waals surface area contributed by atoms with Gasteiger partial charge in [-0.1, -0.05) is 17.7 Å². The Hall–Kier alpha value is -2.51. The van der Waals surface area contributed by atoms with Crippen LogP contribution in [0.25, 0.3) is 5.52 Å². The number of pyridine rings is 1. The van der Waals surface area contributed by atoms with Gasteiger partial charge in [-0.25, -0.2) is 9.51 Å². The number of anilines is 1. The molecule has 0 spiro atoms. The fraction of sp³-hybridized carbons (Fsp3) is 0.333. The summed E-state index contributed by atoms with van der Waals surface area (Å²) in [6, 6.07) is 5.63. The van der Waals surface area contributed by atoms with Crippen LogP contribution < -0.4 is 5.32 Å². The normalized spacial score (nSPS) is 16.6. The van der Waals surface area contributed by atoms with Gasteiger partial charge in [0.25, 0.3) is 0 Å². The zero-order valence-electron chi connectivity index (χ0n) is 14.7. The number of halogens is 1. The van der Waals surface area contributed by atoms with Crippen LogP contribution in [-0.4, -0.2) is 59.0 Å². The van der Waals surface area contributed by atoms with Crippen molar-refractivity contribution in [2.24, 2.45) is 4.99 Å². The van der Waals surface area contributed by atoms with Crippen molar-refractivity contribution in [2.45, 2.75) is 12.8 Å². The molecule has 2 aromatic rings. The van der Waals surface area contributed by atoms with Crippen molar-refractivity contribution in [1.82, 2.24) is 14.5 Å². The smallest absolute Gasteiger partial charge is 0.189 e. The van der Waals surface area contributed by atoms with E-state index in [0.717, 1.165) is 25.0 Å². The maximum absolute atomic E-state index is 12.2. The van der Waals surface area contributed by atoms with Gasteiger partial charge in [-0.3, -0.25) is 9.59 Å². The van der Waals surface area contributed by atoms with Gasteiger partial charge in [-0.15, -0.1) is 5.10 Å². The van der Waals surface area contributed by atoms with Crippen LogP contribution in [0, 0.1) is 0 Å². The van der Waals surface area contributed by atoms with Crippen molar-refractivity contribution in [2.75, 3.05) is 32.5 Å². The van der Waals surface area contributed by atoms with E-state index in [4.69, 9.17) is 11.6 Å². The SMILES string of the molecule is CN(C)CCCNc1nn2ccccc2c1N=C1C=C(Cl)C(=O)CC1=O. The van der Waals surface area contributed by atoms with Gasteiger partial charge in [0, 0.05) is 12.7 Å². The van der Waals surface area contributed by atoms with E-state index in [1.54, 1.807) is 4.52 Å². The number of rotatable bonds is 6. The van der Waals surface area contributed by atoms with Crippen molar-refractivity contribution in [3.05, 3.63) is 35.5 Å². The molecule has 8 heteroatoms. The van der Waals surface area contributed by atoms with Crippen LogP contribution in [0.1, 0.15) is 12.8 Å². The molecular formula is C18H20ClN5O2. The number of aromatic nitrogens is 2. The zero-order chi connectivity index (χ0) is 18.7. The molecule has 136 valence electrons. The zero-order valence-corrected chi connectivity index (χ0v) is 15.5. The average Bonchev–Trinajstić information content (AvgIpc) is 2.94. The number of carbonyl (C=O) groups is 2. The van der Waals surface area contributed by atoms with E-state index < -0.39 is 0 Å². The Kier molecular flexibility index (Phi) is 5.49.